The Morgan fingerprint density at radius 2 is 1.56 bits per heavy atom. The normalized spacial score (nSPS) is 22.0. The van der Waals surface area contributed by atoms with Crippen molar-refractivity contribution in [3.8, 4) is 5.82 Å². The molecule has 3 aromatic rings. The summed E-state index contributed by atoms with van der Waals surface area (Å²) in [5.41, 5.74) is 3.48. The van der Waals surface area contributed by atoms with Gasteiger partial charge in [-0.15, -0.1) is 0 Å². The lowest BCUT2D eigenvalue weighted by atomic mass is 10.1. The van der Waals surface area contributed by atoms with Crippen LogP contribution >= 0.6 is 24.0 Å². The number of aromatic nitrogens is 5. The molecule has 4 atom stereocenters. The smallest absolute Gasteiger partial charge is 0.220 e. The predicted octanol–water partition coefficient (Wildman–Crippen LogP) is 7.58. The summed E-state index contributed by atoms with van der Waals surface area (Å²) >= 11 is 7.01. The minimum Gasteiger partial charge on any atom is -0.468 e. The molecule has 0 amide bonds. The molecule has 0 bridgehead atoms. The number of thioether (sulfide) groups is 1. The summed E-state index contributed by atoms with van der Waals surface area (Å²) in [5, 5.41) is 0.0382. The Morgan fingerprint density at radius 1 is 0.953 bits per heavy atom. The molecule has 1 aliphatic heterocycles. The molecule has 0 spiro atoms. The van der Waals surface area contributed by atoms with Gasteiger partial charge in [0.1, 0.15) is 18.5 Å². The van der Waals surface area contributed by atoms with Crippen LogP contribution in [0.2, 0.25) is 36.3 Å². The van der Waals surface area contributed by atoms with Crippen molar-refractivity contribution in [1.82, 2.24) is 24.1 Å². The van der Waals surface area contributed by atoms with E-state index in [-0.39, 0.29) is 16.2 Å². The Kier molecular flexibility index (Phi) is 9.79. The number of ether oxygens (including phenoxy) is 2. The van der Waals surface area contributed by atoms with E-state index in [2.05, 4.69) is 108 Å². The molecule has 4 rings (SSSR count). The van der Waals surface area contributed by atoms with Crippen LogP contribution in [0.25, 0.3) is 17.0 Å². The number of nitrogens with zero attached hydrogens (tertiary/aromatic N) is 5. The van der Waals surface area contributed by atoms with Crippen molar-refractivity contribution in [3.63, 3.8) is 0 Å². The van der Waals surface area contributed by atoms with Crippen molar-refractivity contribution < 1.29 is 18.3 Å². The lowest BCUT2D eigenvalue weighted by molar-refractivity contribution is -0.0463. The molecule has 1 fully saturated rings. The Balaban J connectivity index is 1.82. The fourth-order valence-corrected chi connectivity index (χ4v) is 7.36. The molecular formula is C30H49N5O4S2Si2. The minimum atomic E-state index is -2.26. The van der Waals surface area contributed by atoms with E-state index in [1.807, 2.05) is 10.8 Å². The van der Waals surface area contributed by atoms with Crippen LogP contribution in [0.3, 0.4) is 0 Å². The molecule has 238 valence electrons. The second-order valence-electron chi connectivity index (χ2n) is 14.5. The second kappa shape index (κ2) is 12.3. The van der Waals surface area contributed by atoms with Crippen molar-refractivity contribution >= 4 is 56.2 Å². The van der Waals surface area contributed by atoms with Crippen LogP contribution in [0.4, 0.5) is 0 Å². The van der Waals surface area contributed by atoms with Gasteiger partial charge >= 0.3 is 0 Å². The van der Waals surface area contributed by atoms with E-state index in [0.717, 1.165) is 17.2 Å². The van der Waals surface area contributed by atoms with Gasteiger partial charge in [-0.05, 0) is 80.7 Å². The molecule has 0 unspecified atom stereocenters. The Bertz CT molecular complexity index is 1440. The summed E-state index contributed by atoms with van der Waals surface area (Å²) < 4.78 is 31.7. The van der Waals surface area contributed by atoms with E-state index < -0.39 is 35.1 Å². The summed E-state index contributed by atoms with van der Waals surface area (Å²) in [7, 11) is -4.34. The molecule has 1 saturated heterocycles. The number of rotatable bonds is 8. The van der Waals surface area contributed by atoms with E-state index in [1.165, 1.54) is 11.8 Å². The van der Waals surface area contributed by atoms with Crippen LogP contribution in [-0.4, -0.2) is 76.3 Å². The molecule has 3 aromatic heterocycles. The van der Waals surface area contributed by atoms with Crippen molar-refractivity contribution in [2.45, 2.75) is 116 Å². The Hall–Kier alpha value is -1.62. The van der Waals surface area contributed by atoms with Crippen LogP contribution in [-0.2, 0) is 18.3 Å². The first-order chi connectivity index (χ1) is 19.8. The molecule has 0 aromatic carbocycles. The monoisotopic (exact) mass is 663 g/mol. The molecule has 13 heteroatoms. The van der Waals surface area contributed by atoms with E-state index in [0.29, 0.717) is 22.2 Å². The maximum Gasteiger partial charge on any atom is 0.220 e. The first-order valence-electron chi connectivity index (χ1n) is 14.8. The Labute approximate surface area is 268 Å². The topological polar surface area (TPSA) is 85.5 Å². The van der Waals surface area contributed by atoms with Crippen molar-refractivity contribution in [1.29, 1.82) is 0 Å². The van der Waals surface area contributed by atoms with Gasteiger partial charge in [-0.1, -0.05) is 53.3 Å². The van der Waals surface area contributed by atoms with Gasteiger partial charge in [-0.25, -0.2) is 15.0 Å². The van der Waals surface area contributed by atoms with Crippen LogP contribution < -0.4 is 0 Å². The van der Waals surface area contributed by atoms with Crippen molar-refractivity contribution in [2.75, 3.05) is 12.9 Å². The maximum atomic E-state index is 7.12. The second-order valence-corrected chi connectivity index (χ2v) is 25.5. The summed E-state index contributed by atoms with van der Waals surface area (Å²) in [6.45, 7) is 27.0. The van der Waals surface area contributed by atoms with Crippen LogP contribution in [0.1, 0.15) is 59.2 Å². The third-order valence-electron chi connectivity index (χ3n) is 9.43. The first-order valence-corrected chi connectivity index (χ1v) is 22.3. The van der Waals surface area contributed by atoms with Gasteiger partial charge < -0.3 is 22.9 Å². The number of aryl methyl sites for hydroxylation is 2. The number of hydrogen-bond acceptors (Lipinski definition) is 9. The van der Waals surface area contributed by atoms with Gasteiger partial charge in [0.2, 0.25) is 4.38 Å². The van der Waals surface area contributed by atoms with Crippen LogP contribution in [0.5, 0.6) is 0 Å². The zero-order valence-corrected chi connectivity index (χ0v) is 31.6. The Morgan fingerprint density at radius 3 is 2.12 bits per heavy atom. The van der Waals surface area contributed by atoms with E-state index in [9.17, 15) is 0 Å². The number of hydrogen-bond donors (Lipinski definition) is 0. The molecule has 9 nitrogen and oxygen atoms in total. The highest BCUT2D eigenvalue weighted by molar-refractivity contribution is 8.22. The molecule has 0 radical (unpaired) electrons. The first kappa shape index (κ1) is 34.3. The zero-order valence-electron chi connectivity index (χ0n) is 28.0. The molecule has 1 aliphatic rings. The standard InChI is InChI=1S/C30H49N5O4S2Si2/c1-19-14-15-20(2)35(19)26-22-25(31-17-32-26)34(18-33-22)27-24(38-28(40)41-9)23(39-43(12,13)30(6,7)8)21(37-27)16-36-42(10,11)29(3,4)5/h14-15,17-18,21,23-24,27H,16H2,1-13H3/t21-,23-,24-,27-/m1/s1. The van der Waals surface area contributed by atoms with E-state index in [1.54, 1.807) is 12.7 Å². The fourth-order valence-electron chi connectivity index (χ4n) is 4.71. The third-order valence-corrected chi connectivity index (χ3v) is 19.4. The molecule has 0 saturated carbocycles. The SMILES string of the molecule is CSC(=S)O[C@@H]1[C@H](O[Si](C)(C)C(C)(C)C)[C@@H](CO[Si](C)(C)C(C)(C)C)O[C@H]1n1cnc2c(-n3c(C)ccc3C)ncnc21. The van der Waals surface area contributed by atoms with Gasteiger partial charge in [0.15, 0.2) is 45.9 Å². The number of imidazole rings is 1. The minimum absolute atomic E-state index is 0.0171. The fraction of sp³-hybridized carbons (Fsp3) is 0.667. The lowest BCUT2D eigenvalue weighted by Crippen LogP contribution is -2.51. The van der Waals surface area contributed by atoms with Gasteiger partial charge in [-0.3, -0.25) is 4.57 Å². The quantitative estimate of drug-likeness (QED) is 0.179. The highest BCUT2D eigenvalue weighted by atomic mass is 32.2. The average Bonchev–Trinajstić information content (AvgIpc) is 3.56. The van der Waals surface area contributed by atoms with E-state index >= 15 is 0 Å². The molecule has 4 heterocycles. The summed E-state index contributed by atoms with van der Waals surface area (Å²) in [4.78, 5) is 14.1. The van der Waals surface area contributed by atoms with E-state index in [4.69, 9.17) is 35.5 Å². The van der Waals surface area contributed by atoms with Crippen LogP contribution in [0, 0.1) is 13.8 Å². The zero-order chi connectivity index (χ0) is 32.1. The van der Waals surface area contributed by atoms with Gasteiger partial charge in [-0.2, -0.15) is 0 Å². The van der Waals surface area contributed by atoms with Crippen molar-refractivity contribution in [2.24, 2.45) is 0 Å². The highest BCUT2D eigenvalue weighted by Crippen LogP contribution is 2.44. The number of thiocarbonyl (C=S) groups is 1. The molecule has 0 aliphatic carbocycles. The number of fused-ring (bicyclic) bond motifs is 1. The predicted molar refractivity (Wildman–Crippen MR) is 184 cm³/mol. The molecular weight excluding hydrogens is 615 g/mol. The summed E-state index contributed by atoms with van der Waals surface area (Å²) in [6.07, 6.45) is 3.35. The third kappa shape index (κ3) is 6.82. The summed E-state index contributed by atoms with van der Waals surface area (Å²) in [5.74, 6) is 0.728. The summed E-state index contributed by atoms with van der Waals surface area (Å²) in [6, 6.07) is 4.15. The van der Waals surface area contributed by atoms with Crippen LogP contribution in [0.15, 0.2) is 24.8 Å². The molecule has 43 heavy (non-hydrogen) atoms. The van der Waals surface area contributed by atoms with Gasteiger partial charge in [0, 0.05) is 11.4 Å². The van der Waals surface area contributed by atoms with Gasteiger partial charge in [0.25, 0.3) is 0 Å². The maximum absolute atomic E-state index is 7.12. The molecule has 0 N–H and O–H groups in total. The van der Waals surface area contributed by atoms with Gasteiger partial charge in [0.05, 0.1) is 12.9 Å². The lowest BCUT2D eigenvalue weighted by Gasteiger charge is -2.41. The van der Waals surface area contributed by atoms with Crippen molar-refractivity contribution in [3.05, 3.63) is 36.2 Å². The largest absolute Gasteiger partial charge is 0.468 e. The average molecular weight is 664 g/mol. The highest BCUT2D eigenvalue weighted by Gasteiger charge is 2.53.